The highest BCUT2D eigenvalue weighted by molar-refractivity contribution is 6.46. The molecule has 0 unspecified atom stereocenters. The van der Waals surface area contributed by atoms with Crippen LogP contribution < -0.4 is 9.47 Å². The summed E-state index contributed by atoms with van der Waals surface area (Å²) in [5.41, 5.74) is 0.882. The van der Waals surface area contributed by atoms with Crippen LogP contribution in [0.5, 0.6) is 17.2 Å². The number of aliphatic hydroxyl groups is 1. The van der Waals surface area contributed by atoms with Crippen molar-refractivity contribution in [2.75, 3.05) is 34.5 Å². The van der Waals surface area contributed by atoms with Gasteiger partial charge in [0.05, 0.1) is 25.8 Å². The van der Waals surface area contributed by atoms with Crippen LogP contribution in [0.1, 0.15) is 23.6 Å². The number of ketones is 1. The van der Waals surface area contributed by atoms with E-state index < -0.39 is 17.7 Å². The molecule has 2 N–H and O–H groups in total. The molecule has 31 heavy (non-hydrogen) atoms. The summed E-state index contributed by atoms with van der Waals surface area (Å²) < 4.78 is 15.4. The van der Waals surface area contributed by atoms with Crippen LogP contribution in [-0.2, 0) is 14.3 Å². The van der Waals surface area contributed by atoms with Gasteiger partial charge in [-0.15, -0.1) is 0 Å². The molecule has 3 rings (SSSR count). The summed E-state index contributed by atoms with van der Waals surface area (Å²) in [6.07, 6.45) is 0.512. The number of benzene rings is 2. The lowest BCUT2D eigenvalue weighted by atomic mass is 9.95. The second-order valence-corrected chi connectivity index (χ2v) is 7.00. The number of ether oxygens (including phenoxy) is 3. The van der Waals surface area contributed by atoms with Gasteiger partial charge in [-0.2, -0.15) is 0 Å². The quantitative estimate of drug-likeness (QED) is 0.289. The van der Waals surface area contributed by atoms with E-state index in [1.807, 2.05) is 0 Å². The zero-order valence-corrected chi connectivity index (χ0v) is 17.6. The average molecular weight is 427 g/mol. The minimum atomic E-state index is -0.839. The third-order valence-corrected chi connectivity index (χ3v) is 5.17. The molecular weight excluding hydrogens is 402 g/mol. The molecule has 2 aromatic carbocycles. The standard InChI is InChI=1S/C23H25NO7/c1-29-12-4-11-24-20(15-7-10-17(25)18(13-15)31-3)19(22(27)23(24)28)21(26)14-5-8-16(30-2)9-6-14/h5-10,13,20,25-26H,4,11-12H2,1-3H3/t20-/m0/s1. The molecule has 0 saturated carbocycles. The van der Waals surface area contributed by atoms with Gasteiger partial charge in [0, 0.05) is 25.8 Å². The van der Waals surface area contributed by atoms with Gasteiger partial charge in [0.1, 0.15) is 11.5 Å². The van der Waals surface area contributed by atoms with E-state index in [1.54, 1.807) is 43.5 Å². The highest BCUT2D eigenvalue weighted by atomic mass is 16.5. The molecule has 0 aliphatic carbocycles. The van der Waals surface area contributed by atoms with Gasteiger partial charge in [0.25, 0.3) is 11.7 Å². The number of amides is 1. The van der Waals surface area contributed by atoms with Crippen molar-refractivity contribution in [2.45, 2.75) is 12.5 Å². The molecule has 0 spiro atoms. The Morgan fingerprint density at radius 3 is 2.35 bits per heavy atom. The molecule has 1 atom stereocenters. The van der Waals surface area contributed by atoms with Crippen LogP contribution in [0.4, 0.5) is 0 Å². The van der Waals surface area contributed by atoms with Crippen molar-refractivity contribution in [2.24, 2.45) is 0 Å². The second kappa shape index (κ2) is 9.53. The molecule has 164 valence electrons. The van der Waals surface area contributed by atoms with Crippen molar-refractivity contribution >= 4 is 17.4 Å². The molecule has 1 saturated heterocycles. The minimum absolute atomic E-state index is 0.0275. The summed E-state index contributed by atoms with van der Waals surface area (Å²) in [5.74, 6) is -1.04. The molecule has 1 heterocycles. The first-order chi connectivity index (χ1) is 14.9. The van der Waals surface area contributed by atoms with Gasteiger partial charge < -0.3 is 29.3 Å². The van der Waals surface area contributed by atoms with E-state index in [2.05, 4.69) is 0 Å². The van der Waals surface area contributed by atoms with Crippen molar-refractivity contribution in [3.8, 4) is 17.2 Å². The summed E-state index contributed by atoms with van der Waals surface area (Å²) in [5, 5.41) is 21.0. The van der Waals surface area contributed by atoms with Crippen LogP contribution in [0.25, 0.3) is 5.76 Å². The van der Waals surface area contributed by atoms with Crippen LogP contribution in [0.3, 0.4) is 0 Å². The number of carbonyl (C=O) groups excluding carboxylic acids is 2. The van der Waals surface area contributed by atoms with Gasteiger partial charge in [0.2, 0.25) is 0 Å². The maximum atomic E-state index is 12.9. The number of rotatable bonds is 8. The molecule has 0 radical (unpaired) electrons. The molecule has 8 nitrogen and oxygen atoms in total. The summed E-state index contributed by atoms with van der Waals surface area (Å²) in [4.78, 5) is 27.2. The number of aromatic hydroxyl groups is 1. The van der Waals surface area contributed by atoms with E-state index >= 15 is 0 Å². The van der Waals surface area contributed by atoms with Crippen LogP contribution in [0.15, 0.2) is 48.0 Å². The number of Topliss-reactive ketones (excluding diaryl/α,β-unsaturated/α-hetero) is 1. The third kappa shape index (κ3) is 4.34. The third-order valence-electron chi connectivity index (χ3n) is 5.17. The second-order valence-electron chi connectivity index (χ2n) is 7.00. The van der Waals surface area contributed by atoms with E-state index in [1.165, 1.54) is 25.2 Å². The summed E-state index contributed by atoms with van der Waals surface area (Å²) >= 11 is 0. The number of carbonyl (C=O) groups is 2. The summed E-state index contributed by atoms with van der Waals surface area (Å²) in [6, 6.07) is 10.3. The lowest BCUT2D eigenvalue weighted by molar-refractivity contribution is -0.140. The first kappa shape index (κ1) is 22.2. The molecular formula is C23H25NO7. The highest BCUT2D eigenvalue weighted by Crippen LogP contribution is 2.41. The monoisotopic (exact) mass is 427 g/mol. The number of phenolic OH excluding ortho intramolecular Hbond substituents is 1. The maximum Gasteiger partial charge on any atom is 0.295 e. The number of aliphatic hydroxyl groups excluding tert-OH is 1. The van der Waals surface area contributed by atoms with Crippen molar-refractivity contribution < 1.29 is 34.0 Å². The fraction of sp³-hybridized carbons (Fsp3) is 0.304. The molecule has 1 aliphatic rings. The SMILES string of the molecule is COCCCN1C(=O)C(=O)C(=C(O)c2ccc(OC)cc2)[C@@H]1c1ccc(O)c(OC)c1. The van der Waals surface area contributed by atoms with Gasteiger partial charge in [-0.25, -0.2) is 0 Å². The van der Waals surface area contributed by atoms with Crippen LogP contribution in [0, 0.1) is 0 Å². The maximum absolute atomic E-state index is 12.9. The Balaban J connectivity index is 2.13. The largest absolute Gasteiger partial charge is 0.507 e. The molecule has 2 aromatic rings. The molecule has 1 amide bonds. The molecule has 0 aromatic heterocycles. The number of hydrogen-bond acceptors (Lipinski definition) is 7. The van der Waals surface area contributed by atoms with Gasteiger partial charge in [-0.3, -0.25) is 9.59 Å². The van der Waals surface area contributed by atoms with E-state index in [9.17, 15) is 19.8 Å². The van der Waals surface area contributed by atoms with Crippen LogP contribution in [0.2, 0.25) is 0 Å². The number of likely N-dealkylation sites (tertiary alicyclic amines) is 1. The average Bonchev–Trinajstić information content (AvgIpc) is 3.04. The first-order valence-corrected chi connectivity index (χ1v) is 9.71. The Kier molecular flexibility index (Phi) is 6.81. The van der Waals surface area contributed by atoms with Gasteiger partial charge in [-0.1, -0.05) is 6.07 Å². The Labute approximate surface area is 180 Å². The van der Waals surface area contributed by atoms with E-state index in [0.717, 1.165) is 0 Å². The van der Waals surface area contributed by atoms with Crippen molar-refractivity contribution in [1.29, 1.82) is 0 Å². The van der Waals surface area contributed by atoms with Crippen molar-refractivity contribution in [3.05, 3.63) is 59.2 Å². The fourth-order valence-electron chi connectivity index (χ4n) is 3.61. The molecule has 1 aliphatic heterocycles. The number of phenols is 1. The van der Waals surface area contributed by atoms with Crippen molar-refractivity contribution in [1.82, 2.24) is 4.90 Å². The molecule has 1 fully saturated rings. The summed E-state index contributed by atoms with van der Waals surface area (Å²) in [6.45, 7) is 0.665. The van der Waals surface area contributed by atoms with E-state index in [0.29, 0.717) is 29.9 Å². The number of nitrogens with zero attached hydrogens (tertiary/aromatic N) is 1. The lowest BCUT2D eigenvalue weighted by Gasteiger charge is -2.25. The smallest absolute Gasteiger partial charge is 0.295 e. The highest BCUT2D eigenvalue weighted by Gasteiger charge is 2.46. The predicted octanol–water partition coefficient (Wildman–Crippen LogP) is 2.87. The van der Waals surface area contributed by atoms with Crippen molar-refractivity contribution in [3.63, 3.8) is 0 Å². The number of methoxy groups -OCH3 is 3. The Hall–Kier alpha value is -3.52. The van der Waals surface area contributed by atoms with Gasteiger partial charge in [-0.05, 0) is 48.4 Å². The number of hydrogen-bond donors (Lipinski definition) is 2. The summed E-state index contributed by atoms with van der Waals surface area (Å²) in [7, 11) is 4.49. The Bertz CT molecular complexity index is 997. The molecule has 0 bridgehead atoms. The zero-order chi connectivity index (χ0) is 22.5. The van der Waals surface area contributed by atoms with E-state index in [4.69, 9.17) is 14.2 Å². The topological polar surface area (TPSA) is 106 Å². The molecule has 8 heteroatoms. The van der Waals surface area contributed by atoms with Crippen LogP contribution in [-0.4, -0.2) is 61.3 Å². The first-order valence-electron chi connectivity index (χ1n) is 9.71. The minimum Gasteiger partial charge on any atom is -0.507 e. The van der Waals surface area contributed by atoms with E-state index in [-0.39, 0.29) is 29.4 Å². The lowest BCUT2D eigenvalue weighted by Crippen LogP contribution is -2.31. The zero-order valence-electron chi connectivity index (χ0n) is 17.6. The van der Waals surface area contributed by atoms with Gasteiger partial charge >= 0.3 is 0 Å². The normalized spacial score (nSPS) is 17.8. The Morgan fingerprint density at radius 2 is 1.74 bits per heavy atom. The Morgan fingerprint density at radius 1 is 1.03 bits per heavy atom. The fourth-order valence-corrected chi connectivity index (χ4v) is 3.61. The predicted molar refractivity (Wildman–Crippen MR) is 113 cm³/mol. The van der Waals surface area contributed by atoms with Crippen LogP contribution >= 0.6 is 0 Å². The van der Waals surface area contributed by atoms with Gasteiger partial charge in [0.15, 0.2) is 11.5 Å².